The minimum Gasteiger partial charge on any atom is -0.493 e. The molecule has 1 aromatic heterocycles. The van der Waals surface area contributed by atoms with Crippen LogP contribution in [0.5, 0.6) is 11.5 Å². The molecule has 3 aliphatic rings. The number of halogens is 2. The Morgan fingerprint density at radius 3 is 2.29 bits per heavy atom. The molecular formula is C23H27F2N5O4. The lowest BCUT2D eigenvalue weighted by Gasteiger charge is -2.37. The molecule has 2 fully saturated rings. The standard InChI is InChI=1S/C23H27F2N5O4/c1-33-16-9-17(34-2)19(25)20(18(16)24)29-11-12-10-26-22(27-13-3-7-15(31)8-4-13)28-21(12)30(23(29)32)14-5-6-14/h9-10,13-15,31H,3-8,11H2,1-2H3,(H,26,27,28). The first-order valence-electron chi connectivity index (χ1n) is 11.4. The van der Waals surface area contributed by atoms with Gasteiger partial charge in [0.25, 0.3) is 0 Å². The lowest BCUT2D eigenvalue weighted by Crippen LogP contribution is -2.49. The van der Waals surface area contributed by atoms with Crippen molar-refractivity contribution >= 4 is 23.5 Å². The molecule has 2 aromatic rings. The Balaban J connectivity index is 1.50. The molecule has 34 heavy (non-hydrogen) atoms. The first-order valence-corrected chi connectivity index (χ1v) is 11.4. The fourth-order valence-electron chi connectivity index (χ4n) is 4.59. The predicted octanol–water partition coefficient (Wildman–Crippen LogP) is 3.60. The van der Waals surface area contributed by atoms with Crippen LogP contribution in [0.4, 0.5) is 31.0 Å². The molecule has 182 valence electrons. The summed E-state index contributed by atoms with van der Waals surface area (Å²) in [5.74, 6) is -1.56. The Hall–Kier alpha value is -3.21. The molecule has 2 heterocycles. The third-order valence-electron chi connectivity index (χ3n) is 6.60. The molecule has 2 aliphatic carbocycles. The molecule has 5 rings (SSSR count). The number of ether oxygens (including phenoxy) is 2. The van der Waals surface area contributed by atoms with Gasteiger partial charge in [-0.1, -0.05) is 0 Å². The van der Waals surface area contributed by atoms with Gasteiger partial charge in [0.15, 0.2) is 23.1 Å². The topological polar surface area (TPSA) is 100 Å². The Kier molecular flexibility index (Phi) is 5.88. The predicted molar refractivity (Wildman–Crippen MR) is 120 cm³/mol. The van der Waals surface area contributed by atoms with Crippen molar-refractivity contribution in [3.63, 3.8) is 0 Å². The first-order chi connectivity index (χ1) is 16.4. The average molecular weight is 475 g/mol. The molecule has 2 amide bonds. The second-order valence-corrected chi connectivity index (χ2v) is 8.92. The Morgan fingerprint density at radius 1 is 1.06 bits per heavy atom. The highest BCUT2D eigenvalue weighted by Crippen LogP contribution is 2.43. The Labute approximate surface area is 195 Å². The summed E-state index contributed by atoms with van der Waals surface area (Å²) in [5.41, 5.74) is 0.0529. The van der Waals surface area contributed by atoms with Crippen LogP contribution in [-0.2, 0) is 6.54 Å². The first kappa shape index (κ1) is 22.6. The van der Waals surface area contributed by atoms with Crippen LogP contribution >= 0.6 is 0 Å². The van der Waals surface area contributed by atoms with Crippen molar-refractivity contribution in [2.75, 3.05) is 29.3 Å². The maximum Gasteiger partial charge on any atom is 0.330 e. The van der Waals surface area contributed by atoms with Crippen LogP contribution < -0.4 is 24.6 Å². The zero-order valence-corrected chi connectivity index (χ0v) is 19.1. The van der Waals surface area contributed by atoms with E-state index in [9.17, 15) is 9.90 Å². The molecule has 9 nitrogen and oxygen atoms in total. The van der Waals surface area contributed by atoms with Gasteiger partial charge in [-0.2, -0.15) is 4.98 Å². The van der Waals surface area contributed by atoms with E-state index in [1.54, 1.807) is 6.20 Å². The maximum atomic E-state index is 15.2. The number of benzene rings is 1. The number of amides is 2. The number of urea groups is 1. The molecule has 2 saturated carbocycles. The number of nitrogens with zero attached hydrogens (tertiary/aromatic N) is 4. The third kappa shape index (κ3) is 3.97. The maximum absolute atomic E-state index is 15.2. The van der Waals surface area contributed by atoms with Crippen molar-refractivity contribution in [1.82, 2.24) is 9.97 Å². The number of aliphatic hydroxyl groups excluding tert-OH is 1. The van der Waals surface area contributed by atoms with Gasteiger partial charge in [0.05, 0.1) is 26.9 Å². The van der Waals surface area contributed by atoms with Crippen molar-refractivity contribution in [1.29, 1.82) is 0 Å². The van der Waals surface area contributed by atoms with E-state index >= 15 is 8.78 Å². The van der Waals surface area contributed by atoms with E-state index in [0.717, 1.165) is 36.6 Å². The molecule has 1 aromatic carbocycles. The summed E-state index contributed by atoms with van der Waals surface area (Å²) in [5, 5.41) is 13.0. The number of methoxy groups -OCH3 is 2. The monoisotopic (exact) mass is 475 g/mol. The van der Waals surface area contributed by atoms with Crippen LogP contribution in [0.1, 0.15) is 44.1 Å². The van der Waals surface area contributed by atoms with Gasteiger partial charge in [0.2, 0.25) is 5.95 Å². The SMILES string of the molecule is COc1cc(OC)c(F)c(N2Cc3cnc(NC4CCC(O)CC4)nc3N(C3CC3)C2=O)c1F. The fraction of sp³-hybridized carbons (Fsp3) is 0.522. The fourth-order valence-corrected chi connectivity index (χ4v) is 4.59. The van der Waals surface area contributed by atoms with Gasteiger partial charge in [-0.15, -0.1) is 0 Å². The largest absolute Gasteiger partial charge is 0.493 e. The van der Waals surface area contributed by atoms with E-state index in [1.807, 2.05) is 0 Å². The van der Waals surface area contributed by atoms with Gasteiger partial charge < -0.3 is 19.9 Å². The minimum absolute atomic E-state index is 0.0970. The van der Waals surface area contributed by atoms with Crippen LogP contribution in [0.2, 0.25) is 0 Å². The molecule has 0 radical (unpaired) electrons. The van der Waals surface area contributed by atoms with Crippen LogP contribution in [-0.4, -0.2) is 53.5 Å². The highest BCUT2D eigenvalue weighted by Gasteiger charge is 2.44. The smallest absolute Gasteiger partial charge is 0.330 e. The quantitative estimate of drug-likeness (QED) is 0.659. The average Bonchev–Trinajstić information content (AvgIpc) is 3.66. The van der Waals surface area contributed by atoms with Crippen molar-refractivity contribution < 1.29 is 28.2 Å². The normalized spacial score (nSPS) is 22.4. The highest BCUT2D eigenvalue weighted by molar-refractivity contribution is 6.06. The number of carbonyl (C=O) groups excluding carboxylic acids is 1. The molecule has 11 heteroatoms. The summed E-state index contributed by atoms with van der Waals surface area (Å²) in [6.45, 7) is -0.0998. The minimum atomic E-state index is -0.980. The molecule has 0 unspecified atom stereocenters. The van der Waals surface area contributed by atoms with Crippen molar-refractivity contribution in [3.8, 4) is 11.5 Å². The van der Waals surface area contributed by atoms with Crippen LogP contribution in [0.3, 0.4) is 0 Å². The summed E-state index contributed by atoms with van der Waals surface area (Å²) in [7, 11) is 2.53. The second-order valence-electron chi connectivity index (χ2n) is 8.92. The van der Waals surface area contributed by atoms with E-state index in [0.29, 0.717) is 30.2 Å². The van der Waals surface area contributed by atoms with E-state index in [2.05, 4.69) is 15.3 Å². The Bertz CT molecular complexity index is 1080. The summed E-state index contributed by atoms with van der Waals surface area (Å²) < 4.78 is 40.5. The van der Waals surface area contributed by atoms with Crippen molar-refractivity contribution in [2.45, 2.75) is 63.3 Å². The second kappa shape index (κ2) is 8.86. The molecule has 0 atom stereocenters. The van der Waals surface area contributed by atoms with Crippen LogP contribution in [0.15, 0.2) is 12.3 Å². The highest BCUT2D eigenvalue weighted by atomic mass is 19.1. The van der Waals surface area contributed by atoms with Gasteiger partial charge in [0, 0.05) is 29.9 Å². The number of aliphatic hydroxyl groups is 1. The molecule has 2 N–H and O–H groups in total. The summed E-state index contributed by atoms with van der Waals surface area (Å²) in [4.78, 5) is 25.1. The van der Waals surface area contributed by atoms with Gasteiger partial charge in [-0.05, 0) is 38.5 Å². The van der Waals surface area contributed by atoms with Crippen LogP contribution in [0.25, 0.3) is 0 Å². The molecule has 0 saturated heterocycles. The van der Waals surface area contributed by atoms with Crippen molar-refractivity contribution in [2.24, 2.45) is 0 Å². The van der Waals surface area contributed by atoms with Crippen molar-refractivity contribution in [3.05, 3.63) is 29.5 Å². The molecule has 1 aliphatic heterocycles. The van der Waals surface area contributed by atoms with Crippen LogP contribution in [0, 0.1) is 11.6 Å². The molecule has 0 bridgehead atoms. The number of fused-ring (bicyclic) bond motifs is 1. The number of carbonyl (C=O) groups is 1. The number of aromatic nitrogens is 2. The van der Waals surface area contributed by atoms with Gasteiger partial charge in [0.1, 0.15) is 11.5 Å². The number of rotatable bonds is 6. The van der Waals surface area contributed by atoms with E-state index < -0.39 is 23.4 Å². The molecular weight excluding hydrogens is 448 g/mol. The molecule has 0 spiro atoms. The number of hydrogen-bond donors (Lipinski definition) is 2. The Morgan fingerprint density at radius 2 is 1.71 bits per heavy atom. The summed E-state index contributed by atoms with van der Waals surface area (Å²) in [6, 6.07) is 0.591. The van der Waals surface area contributed by atoms with E-state index in [4.69, 9.17) is 9.47 Å². The number of hydrogen-bond acceptors (Lipinski definition) is 7. The summed E-state index contributed by atoms with van der Waals surface area (Å²) >= 11 is 0. The van der Waals surface area contributed by atoms with E-state index in [1.165, 1.54) is 19.1 Å². The van der Waals surface area contributed by atoms with Gasteiger partial charge in [-0.25, -0.2) is 18.6 Å². The zero-order chi connectivity index (χ0) is 24.0. The lowest BCUT2D eigenvalue weighted by atomic mass is 9.93. The van der Waals surface area contributed by atoms with Gasteiger partial charge >= 0.3 is 6.03 Å². The number of nitrogens with one attached hydrogen (secondary N) is 1. The lowest BCUT2D eigenvalue weighted by molar-refractivity contribution is 0.126. The number of anilines is 3. The zero-order valence-electron chi connectivity index (χ0n) is 19.1. The third-order valence-corrected chi connectivity index (χ3v) is 6.60. The van der Waals surface area contributed by atoms with E-state index in [-0.39, 0.29) is 36.2 Å². The van der Waals surface area contributed by atoms with Gasteiger partial charge in [-0.3, -0.25) is 9.80 Å². The summed E-state index contributed by atoms with van der Waals surface area (Å²) in [6.07, 6.45) is 5.90.